The van der Waals surface area contributed by atoms with E-state index >= 15 is 0 Å². The van der Waals surface area contributed by atoms with Crippen molar-refractivity contribution < 1.29 is 4.42 Å². The molecule has 108 valence electrons. The number of halogens is 4. The predicted octanol–water partition coefficient (Wildman–Crippen LogP) is 6.09. The number of rotatable bonds is 2. The van der Waals surface area contributed by atoms with Crippen LogP contribution in [0.15, 0.2) is 40.8 Å². The Hall–Kier alpha value is -0.900. The van der Waals surface area contributed by atoms with E-state index in [0.29, 0.717) is 37.0 Å². The van der Waals surface area contributed by atoms with Gasteiger partial charge < -0.3 is 10.2 Å². The molecule has 0 saturated heterocycles. The van der Waals surface area contributed by atoms with Gasteiger partial charge in [-0.2, -0.15) is 0 Å². The number of hydrogen-bond acceptors (Lipinski definition) is 2. The fourth-order valence-electron chi connectivity index (χ4n) is 2.16. The fraction of sp³-hybridized carbons (Fsp3) is 0.0667. The largest absolute Gasteiger partial charge is 0.457 e. The fourth-order valence-corrected chi connectivity index (χ4v) is 3.14. The van der Waals surface area contributed by atoms with Crippen LogP contribution in [0.1, 0.15) is 17.4 Å². The Balaban J connectivity index is 2.12. The summed E-state index contributed by atoms with van der Waals surface area (Å²) in [6.07, 6.45) is 0. The number of furan rings is 1. The van der Waals surface area contributed by atoms with Gasteiger partial charge in [0.05, 0.1) is 21.1 Å². The molecule has 0 fully saturated rings. The second kappa shape index (κ2) is 5.71. The van der Waals surface area contributed by atoms with Gasteiger partial charge in [0.1, 0.15) is 5.76 Å². The van der Waals surface area contributed by atoms with Crippen LogP contribution in [0, 0.1) is 0 Å². The number of nitrogens with two attached hydrogens (primary N) is 1. The second-order valence-electron chi connectivity index (χ2n) is 4.58. The third kappa shape index (κ3) is 2.75. The molecule has 0 aliphatic carbocycles. The molecule has 0 aliphatic rings. The number of fused-ring (bicyclic) bond motifs is 1. The molecule has 1 unspecified atom stereocenters. The van der Waals surface area contributed by atoms with Crippen LogP contribution < -0.4 is 5.73 Å². The monoisotopic (exact) mass is 359 g/mol. The third-order valence-corrected chi connectivity index (χ3v) is 4.51. The summed E-state index contributed by atoms with van der Waals surface area (Å²) in [4.78, 5) is 0. The molecule has 1 heterocycles. The molecule has 2 N–H and O–H groups in total. The van der Waals surface area contributed by atoms with E-state index in [0.717, 1.165) is 5.39 Å². The first-order valence-electron chi connectivity index (χ1n) is 6.05. The van der Waals surface area contributed by atoms with E-state index in [1.165, 1.54) is 0 Å². The zero-order valence-corrected chi connectivity index (χ0v) is 13.6. The molecule has 3 aromatic rings. The van der Waals surface area contributed by atoms with Gasteiger partial charge in [-0.25, -0.2) is 0 Å². The lowest BCUT2D eigenvalue weighted by Gasteiger charge is -2.11. The summed E-state index contributed by atoms with van der Waals surface area (Å²) in [5, 5.41) is 2.62. The molecule has 21 heavy (non-hydrogen) atoms. The molecule has 1 atom stereocenters. The van der Waals surface area contributed by atoms with Crippen molar-refractivity contribution in [3.05, 3.63) is 67.8 Å². The molecule has 2 aromatic carbocycles. The van der Waals surface area contributed by atoms with Crippen molar-refractivity contribution in [3.63, 3.8) is 0 Å². The Morgan fingerprint density at radius 2 is 1.71 bits per heavy atom. The van der Waals surface area contributed by atoms with E-state index in [-0.39, 0.29) is 0 Å². The highest BCUT2D eigenvalue weighted by atomic mass is 35.5. The average molecular weight is 361 g/mol. The van der Waals surface area contributed by atoms with Crippen molar-refractivity contribution in [2.75, 3.05) is 0 Å². The molecule has 2 nitrogen and oxygen atoms in total. The summed E-state index contributed by atoms with van der Waals surface area (Å²) < 4.78 is 5.75. The normalized spacial score (nSPS) is 12.8. The molecular weight excluding hydrogens is 352 g/mol. The van der Waals surface area contributed by atoms with Crippen LogP contribution in [-0.4, -0.2) is 0 Å². The molecule has 3 rings (SSSR count). The Morgan fingerprint density at radius 1 is 0.952 bits per heavy atom. The van der Waals surface area contributed by atoms with Crippen molar-refractivity contribution in [1.29, 1.82) is 0 Å². The van der Waals surface area contributed by atoms with E-state index in [1.54, 1.807) is 36.4 Å². The minimum absolute atomic E-state index is 0.413. The lowest BCUT2D eigenvalue weighted by atomic mass is 10.1. The zero-order chi connectivity index (χ0) is 15.1. The molecular formula is C15H9Cl4NO. The lowest BCUT2D eigenvalue weighted by molar-refractivity contribution is 0.525. The smallest absolute Gasteiger partial charge is 0.153 e. The Kier molecular flexibility index (Phi) is 4.08. The van der Waals surface area contributed by atoms with E-state index < -0.39 is 6.04 Å². The minimum Gasteiger partial charge on any atom is -0.457 e. The maximum Gasteiger partial charge on any atom is 0.153 e. The molecule has 0 amide bonds. The van der Waals surface area contributed by atoms with E-state index in [9.17, 15) is 0 Å². The highest BCUT2D eigenvalue weighted by molar-refractivity contribution is 6.42. The molecule has 1 aromatic heterocycles. The van der Waals surface area contributed by atoms with E-state index in [1.807, 2.05) is 0 Å². The summed E-state index contributed by atoms with van der Waals surface area (Å²) in [5.41, 5.74) is 7.46. The zero-order valence-electron chi connectivity index (χ0n) is 10.5. The van der Waals surface area contributed by atoms with Crippen LogP contribution in [0.4, 0.5) is 0 Å². The highest BCUT2D eigenvalue weighted by Gasteiger charge is 2.19. The Morgan fingerprint density at radius 3 is 2.48 bits per heavy atom. The first-order valence-corrected chi connectivity index (χ1v) is 7.56. The summed E-state index contributed by atoms with van der Waals surface area (Å²) in [5.74, 6) is 0.540. The van der Waals surface area contributed by atoms with Gasteiger partial charge in [-0.05, 0) is 29.8 Å². The first kappa shape index (κ1) is 15.0. The van der Waals surface area contributed by atoms with Gasteiger partial charge in [0, 0.05) is 10.4 Å². The molecule has 6 heteroatoms. The van der Waals surface area contributed by atoms with Crippen LogP contribution in [0.5, 0.6) is 0 Å². The lowest BCUT2D eigenvalue weighted by Crippen LogP contribution is -2.11. The van der Waals surface area contributed by atoms with Crippen molar-refractivity contribution in [2.45, 2.75) is 6.04 Å². The Bertz CT molecular complexity index is 828. The van der Waals surface area contributed by atoms with Gasteiger partial charge >= 0.3 is 0 Å². The van der Waals surface area contributed by atoms with Gasteiger partial charge in [-0.3, -0.25) is 0 Å². The van der Waals surface area contributed by atoms with Gasteiger partial charge in [0.25, 0.3) is 0 Å². The summed E-state index contributed by atoms with van der Waals surface area (Å²) in [6.45, 7) is 0. The third-order valence-electron chi connectivity index (χ3n) is 3.18. The van der Waals surface area contributed by atoms with E-state index in [4.69, 9.17) is 56.6 Å². The maximum atomic E-state index is 6.23. The van der Waals surface area contributed by atoms with Crippen molar-refractivity contribution >= 4 is 57.4 Å². The van der Waals surface area contributed by atoms with Crippen LogP contribution in [-0.2, 0) is 0 Å². The standard InChI is InChI=1S/C15H9Cl4NO/c16-8-4-7-5-12(21-15(7)11(18)6-8)14(20)9-2-1-3-10(17)13(9)19/h1-6,14H,20H2. The maximum absolute atomic E-state index is 6.23. The molecule has 0 spiro atoms. The van der Waals surface area contributed by atoms with Crippen LogP contribution >= 0.6 is 46.4 Å². The molecule has 0 aliphatic heterocycles. The van der Waals surface area contributed by atoms with Gasteiger partial charge in [0.2, 0.25) is 0 Å². The van der Waals surface area contributed by atoms with Crippen molar-refractivity contribution in [3.8, 4) is 0 Å². The average Bonchev–Trinajstić information content (AvgIpc) is 2.85. The quantitative estimate of drug-likeness (QED) is 0.600. The van der Waals surface area contributed by atoms with Gasteiger partial charge in [-0.15, -0.1) is 0 Å². The van der Waals surface area contributed by atoms with Crippen LogP contribution in [0.2, 0.25) is 20.1 Å². The Labute approximate surface area is 141 Å². The molecule has 0 radical (unpaired) electrons. The van der Waals surface area contributed by atoms with Crippen LogP contribution in [0.3, 0.4) is 0 Å². The molecule has 0 saturated carbocycles. The summed E-state index contributed by atoms with van der Waals surface area (Å²) >= 11 is 24.3. The van der Waals surface area contributed by atoms with Gasteiger partial charge in [-0.1, -0.05) is 58.5 Å². The topological polar surface area (TPSA) is 39.2 Å². The van der Waals surface area contributed by atoms with Crippen molar-refractivity contribution in [2.24, 2.45) is 5.73 Å². The summed E-state index contributed by atoms with van der Waals surface area (Å²) in [7, 11) is 0. The summed E-state index contributed by atoms with van der Waals surface area (Å²) in [6, 6.07) is 9.94. The van der Waals surface area contributed by atoms with Gasteiger partial charge in [0.15, 0.2) is 5.58 Å². The first-order chi connectivity index (χ1) is 9.97. The highest BCUT2D eigenvalue weighted by Crippen LogP contribution is 2.36. The van der Waals surface area contributed by atoms with Crippen molar-refractivity contribution in [1.82, 2.24) is 0 Å². The predicted molar refractivity (Wildman–Crippen MR) is 88.7 cm³/mol. The molecule has 0 bridgehead atoms. The number of benzene rings is 2. The SMILES string of the molecule is NC(c1cc2cc(Cl)cc(Cl)c2o1)c1cccc(Cl)c1Cl. The van der Waals surface area contributed by atoms with E-state index in [2.05, 4.69) is 0 Å². The number of hydrogen-bond donors (Lipinski definition) is 1. The van der Waals surface area contributed by atoms with Crippen LogP contribution in [0.25, 0.3) is 11.0 Å². The minimum atomic E-state index is -0.543. The second-order valence-corrected chi connectivity index (χ2v) is 6.20.